The second-order valence-electron chi connectivity index (χ2n) is 10.8. The first-order valence-corrected chi connectivity index (χ1v) is 12.9. The molecule has 9 nitrogen and oxygen atoms in total. The molecule has 3 heterocycles. The van der Waals surface area contributed by atoms with Gasteiger partial charge in [-0.1, -0.05) is 19.3 Å². The Bertz CT molecular complexity index is 1010. The third-order valence-electron chi connectivity index (χ3n) is 8.27. The minimum Gasteiger partial charge on any atom is -0.356 e. The van der Waals surface area contributed by atoms with E-state index in [0.29, 0.717) is 25.8 Å². The van der Waals surface area contributed by atoms with Crippen LogP contribution in [0.4, 0.5) is 22.0 Å². The quantitative estimate of drug-likeness (QED) is 0.399. The molecule has 5 rings (SSSR count). The Morgan fingerprint density at radius 2 is 1.82 bits per heavy atom. The molecule has 0 unspecified atom stereocenters. The number of hydrogen-bond acceptors (Lipinski definition) is 5. The summed E-state index contributed by atoms with van der Waals surface area (Å²) in [5.74, 6) is -10.2. The van der Waals surface area contributed by atoms with Crippen molar-refractivity contribution in [1.29, 1.82) is 5.26 Å². The van der Waals surface area contributed by atoms with Crippen LogP contribution in [-0.4, -0.2) is 71.3 Å². The Balaban J connectivity index is 1.58. The number of carbonyl (C=O) groups excluding carboxylic acids is 4. The minimum absolute atomic E-state index is 0.0504. The van der Waals surface area contributed by atoms with E-state index >= 15 is 0 Å². The van der Waals surface area contributed by atoms with Gasteiger partial charge in [-0.25, -0.2) is 8.78 Å². The third kappa shape index (κ3) is 5.71. The number of fused-ring (bicyclic) bond motifs is 3. The molecule has 0 aromatic carbocycles. The highest BCUT2D eigenvalue weighted by Gasteiger charge is 2.61. The molecule has 3 N–H and O–H groups in total. The largest absolute Gasteiger partial charge is 0.471 e. The van der Waals surface area contributed by atoms with Crippen LogP contribution in [0.5, 0.6) is 0 Å². The van der Waals surface area contributed by atoms with E-state index in [4.69, 9.17) is 0 Å². The molecule has 2 aliphatic carbocycles. The van der Waals surface area contributed by atoms with Gasteiger partial charge in [0, 0.05) is 24.9 Å². The van der Waals surface area contributed by atoms with E-state index in [1.165, 1.54) is 0 Å². The SMILES string of the molecule is N#C[C@@H](C[C@H]1CCNC1=O)NC(=O)[C@@H]1[C@H]2CC[C@H](CC2(F)F)N1C(=O)[C@@H](CC1CCC1)NC(=O)C(F)(F)F. The van der Waals surface area contributed by atoms with Crippen molar-refractivity contribution >= 4 is 23.6 Å². The molecule has 5 aliphatic rings. The maximum Gasteiger partial charge on any atom is 0.471 e. The molecule has 0 radical (unpaired) electrons. The van der Waals surface area contributed by atoms with E-state index in [1.54, 1.807) is 5.32 Å². The summed E-state index contributed by atoms with van der Waals surface area (Å²) in [5.41, 5.74) is 0. The number of halogens is 5. The molecule has 0 spiro atoms. The zero-order chi connectivity index (χ0) is 27.8. The second kappa shape index (κ2) is 10.6. The third-order valence-corrected chi connectivity index (χ3v) is 8.27. The molecule has 4 amide bonds. The van der Waals surface area contributed by atoms with Gasteiger partial charge in [0.2, 0.25) is 17.7 Å². The van der Waals surface area contributed by atoms with Crippen LogP contribution in [0.1, 0.15) is 57.8 Å². The number of hydrogen-bond donors (Lipinski definition) is 3. The van der Waals surface area contributed by atoms with Crippen molar-refractivity contribution < 1.29 is 41.1 Å². The lowest BCUT2D eigenvalue weighted by atomic mass is 9.71. The van der Waals surface area contributed by atoms with Gasteiger partial charge >= 0.3 is 12.1 Å². The summed E-state index contributed by atoms with van der Waals surface area (Å²) in [6, 6.07) is -3.83. The van der Waals surface area contributed by atoms with Crippen molar-refractivity contribution in [2.24, 2.45) is 17.8 Å². The predicted molar refractivity (Wildman–Crippen MR) is 120 cm³/mol. The lowest BCUT2D eigenvalue weighted by Crippen LogP contribution is -2.71. The molecule has 210 valence electrons. The minimum atomic E-state index is -5.25. The Morgan fingerprint density at radius 3 is 2.34 bits per heavy atom. The van der Waals surface area contributed by atoms with E-state index in [-0.39, 0.29) is 37.5 Å². The Hall–Kier alpha value is -2.98. The Kier molecular flexibility index (Phi) is 7.86. The number of carbonyl (C=O) groups is 4. The van der Waals surface area contributed by atoms with Crippen LogP contribution in [0.2, 0.25) is 0 Å². The summed E-state index contributed by atoms with van der Waals surface area (Å²) in [7, 11) is 0. The number of nitrogens with zero attached hydrogens (tertiary/aromatic N) is 2. The lowest BCUT2D eigenvalue weighted by Gasteiger charge is -2.54. The van der Waals surface area contributed by atoms with Crippen LogP contribution in [0.25, 0.3) is 0 Å². The highest BCUT2D eigenvalue weighted by molar-refractivity contribution is 5.94. The van der Waals surface area contributed by atoms with Gasteiger partial charge in [0.05, 0.1) is 12.0 Å². The Labute approximate surface area is 215 Å². The zero-order valence-electron chi connectivity index (χ0n) is 20.5. The van der Waals surface area contributed by atoms with Crippen molar-refractivity contribution in [3.63, 3.8) is 0 Å². The number of nitriles is 1. The standard InChI is InChI=1S/C24H30F5N5O4/c25-23(26)10-15-4-5-16(23)18(20(36)32-14(11-30)9-13-6-7-31-19(13)35)34(15)21(37)17(8-12-2-1-3-12)33-22(38)24(27,28)29/h12-18H,1-10H2,(H,31,35)(H,32,36)(H,33,38)/t13-,14-,15-,16-,17-,18+/m1/s1. The van der Waals surface area contributed by atoms with Crippen LogP contribution in [-0.2, 0) is 19.2 Å². The van der Waals surface area contributed by atoms with Crippen LogP contribution >= 0.6 is 0 Å². The number of nitrogens with one attached hydrogen (secondary N) is 3. The number of amides is 4. The van der Waals surface area contributed by atoms with E-state index in [9.17, 15) is 46.4 Å². The molecule has 3 aliphatic heterocycles. The van der Waals surface area contributed by atoms with Gasteiger partial charge in [-0.3, -0.25) is 19.2 Å². The fourth-order valence-electron chi connectivity index (χ4n) is 6.08. The lowest BCUT2D eigenvalue weighted by molar-refractivity contribution is -0.196. The fourth-order valence-corrected chi connectivity index (χ4v) is 6.08. The molecule has 0 aromatic rings. The van der Waals surface area contributed by atoms with Crippen LogP contribution < -0.4 is 16.0 Å². The van der Waals surface area contributed by atoms with Crippen LogP contribution in [0.3, 0.4) is 0 Å². The van der Waals surface area contributed by atoms with Gasteiger partial charge in [0.15, 0.2) is 0 Å². The van der Waals surface area contributed by atoms with Gasteiger partial charge in [-0.05, 0) is 38.0 Å². The van der Waals surface area contributed by atoms with Crippen LogP contribution in [0.15, 0.2) is 0 Å². The van der Waals surface area contributed by atoms with Crippen molar-refractivity contribution in [1.82, 2.24) is 20.9 Å². The molecule has 2 bridgehead atoms. The number of piperidine rings is 2. The van der Waals surface area contributed by atoms with E-state index in [2.05, 4.69) is 10.6 Å². The van der Waals surface area contributed by atoms with Gasteiger partial charge in [-0.2, -0.15) is 18.4 Å². The van der Waals surface area contributed by atoms with Crippen LogP contribution in [0, 0.1) is 29.1 Å². The topological polar surface area (TPSA) is 131 Å². The number of rotatable bonds is 8. The maximum absolute atomic E-state index is 14.9. The molecule has 3 saturated heterocycles. The first kappa shape index (κ1) is 28.0. The normalized spacial score (nSPS) is 30.0. The highest BCUT2D eigenvalue weighted by Crippen LogP contribution is 2.49. The molecule has 38 heavy (non-hydrogen) atoms. The van der Waals surface area contributed by atoms with Gasteiger partial charge in [-0.15, -0.1) is 0 Å². The summed E-state index contributed by atoms with van der Waals surface area (Å²) in [5, 5.41) is 16.3. The van der Waals surface area contributed by atoms with Gasteiger partial charge < -0.3 is 20.9 Å². The molecule has 6 atom stereocenters. The van der Waals surface area contributed by atoms with Crippen molar-refractivity contribution in [2.75, 3.05) is 6.54 Å². The Morgan fingerprint density at radius 1 is 1.11 bits per heavy atom. The zero-order valence-corrected chi connectivity index (χ0v) is 20.5. The van der Waals surface area contributed by atoms with E-state index < -0.39 is 72.2 Å². The summed E-state index contributed by atoms with van der Waals surface area (Å²) in [4.78, 5) is 51.5. The highest BCUT2D eigenvalue weighted by atomic mass is 19.4. The summed E-state index contributed by atoms with van der Waals surface area (Å²) in [6.07, 6.45) is -3.56. The molecular weight excluding hydrogens is 517 g/mol. The summed E-state index contributed by atoms with van der Waals surface area (Å²) >= 11 is 0. The fraction of sp³-hybridized carbons (Fsp3) is 0.792. The average Bonchev–Trinajstić information content (AvgIpc) is 3.21. The first-order valence-electron chi connectivity index (χ1n) is 12.9. The molecular formula is C24H30F5N5O4. The van der Waals surface area contributed by atoms with Crippen molar-refractivity contribution in [2.45, 2.75) is 94.1 Å². The monoisotopic (exact) mass is 547 g/mol. The number of alkyl halides is 5. The molecule has 14 heteroatoms. The summed E-state index contributed by atoms with van der Waals surface area (Å²) < 4.78 is 68.9. The maximum atomic E-state index is 14.9. The summed E-state index contributed by atoms with van der Waals surface area (Å²) in [6.45, 7) is 0.405. The predicted octanol–water partition coefficient (Wildman–Crippen LogP) is 1.77. The van der Waals surface area contributed by atoms with Crippen molar-refractivity contribution in [3.05, 3.63) is 0 Å². The molecule has 2 saturated carbocycles. The van der Waals surface area contributed by atoms with Gasteiger partial charge in [0.1, 0.15) is 18.1 Å². The van der Waals surface area contributed by atoms with Crippen molar-refractivity contribution in [3.8, 4) is 6.07 Å². The smallest absolute Gasteiger partial charge is 0.356 e. The van der Waals surface area contributed by atoms with E-state index in [0.717, 1.165) is 11.3 Å². The van der Waals surface area contributed by atoms with E-state index in [1.807, 2.05) is 6.07 Å². The second-order valence-corrected chi connectivity index (χ2v) is 10.8. The first-order chi connectivity index (χ1) is 17.8. The average molecular weight is 548 g/mol. The molecule has 5 fully saturated rings. The molecule has 0 aromatic heterocycles. The van der Waals surface area contributed by atoms with Gasteiger partial charge in [0.25, 0.3) is 5.92 Å².